The first-order valence-corrected chi connectivity index (χ1v) is 10.5. The number of amides is 1. The van der Waals surface area contributed by atoms with Crippen molar-refractivity contribution in [2.75, 3.05) is 13.2 Å². The topological polar surface area (TPSA) is 124 Å². The molecule has 4 rings (SSSR count). The SMILES string of the molecule is Cc1nc(C)n(-c2cc(F)ccc2CNC(=O)c2nc3n(c(=O)c2O)CCOCC3(C)C)n1. The largest absolute Gasteiger partial charge is 0.501 e. The van der Waals surface area contributed by atoms with Gasteiger partial charge in [-0.3, -0.25) is 14.2 Å². The Morgan fingerprint density at radius 3 is 2.76 bits per heavy atom. The first kappa shape index (κ1) is 22.6. The van der Waals surface area contributed by atoms with E-state index in [1.165, 1.54) is 27.4 Å². The Morgan fingerprint density at radius 1 is 1.30 bits per heavy atom. The lowest BCUT2D eigenvalue weighted by atomic mass is 9.93. The number of nitrogens with zero attached hydrogens (tertiary/aromatic N) is 5. The van der Waals surface area contributed by atoms with Crippen LogP contribution in [0.1, 0.15) is 47.4 Å². The average Bonchev–Trinajstić information content (AvgIpc) is 3.01. The molecule has 0 fully saturated rings. The van der Waals surface area contributed by atoms with E-state index < -0.39 is 28.4 Å². The van der Waals surface area contributed by atoms with Crippen LogP contribution in [-0.2, 0) is 23.2 Å². The molecule has 1 aliphatic rings. The van der Waals surface area contributed by atoms with Gasteiger partial charge in [-0.15, -0.1) is 0 Å². The summed E-state index contributed by atoms with van der Waals surface area (Å²) in [4.78, 5) is 34.3. The molecule has 0 saturated heterocycles. The molecule has 0 spiro atoms. The van der Waals surface area contributed by atoms with E-state index in [9.17, 15) is 19.1 Å². The molecule has 0 radical (unpaired) electrons. The highest BCUT2D eigenvalue weighted by Crippen LogP contribution is 2.25. The number of rotatable bonds is 4. The maximum Gasteiger partial charge on any atom is 0.296 e. The van der Waals surface area contributed by atoms with E-state index in [-0.39, 0.29) is 18.8 Å². The molecular weight excluding hydrogens is 431 g/mol. The number of hydrogen-bond donors (Lipinski definition) is 2. The molecule has 10 nitrogen and oxygen atoms in total. The first-order valence-electron chi connectivity index (χ1n) is 10.5. The van der Waals surface area contributed by atoms with Gasteiger partial charge in [-0.1, -0.05) is 19.9 Å². The summed E-state index contributed by atoms with van der Waals surface area (Å²) in [6.45, 7) is 8.00. The van der Waals surface area contributed by atoms with Crippen LogP contribution in [0.4, 0.5) is 4.39 Å². The highest BCUT2D eigenvalue weighted by molar-refractivity contribution is 5.94. The van der Waals surface area contributed by atoms with Crippen molar-refractivity contribution in [2.45, 2.75) is 46.2 Å². The summed E-state index contributed by atoms with van der Waals surface area (Å²) in [6.07, 6.45) is 0. The predicted molar refractivity (Wildman–Crippen MR) is 116 cm³/mol. The first-order chi connectivity index (χ1) is 15.6. The van der Waals surface area contributed by atoms with Gasteiger partial charge in [-0.05, 0) is 31.5 Å². The standard InChI is InChI=1S/C22H25FN6O4/c1-12-25-13(2)29(27-12)16-9-15(23)6-5-14(16)10-24-19(31)17-18(30)20(32)28-7-8-33-11-22(3,4)21(28)26-17/h5-6,9,30H,7-8,10-11H2,1-4H3,(H,24,31). The highest BCUT2D eigenvalue weighted by Gasteiger charge is 2.32. The molecule has 0 bridgehead atoms. The highest BCUT2D eigenvalue weighted by atomic mass is 19.1. The molecule has 33 heavy (non-hydrogen) atoms. The van der Waals surface area contributed by atoms with E-state index in [1.54, 1.807) is 13.8 Å². The smallest absolute Gasteiger partial charge is 0.296 e. The second kappa shape index (κ2) is 8.39. The number of nitrogens with one attached hydrogen (secondary N) is 1. The van der Waals surface area contributed by atoms with Crippen molar-refractivity contribution in [3.05, 3.63) is 63.1 Å². The summed E-state index contributed by atoms with van der Waals surface area (Å²) in [5.74, 6) is -0.461. The lowest BCUT2D eigenvalue weighted by Gasteiger charge is -2.24. The van der Waals surface area contributed by atoms with Crippen LogP contribution < -0.4 is 10.9 Å². The van der Waals surface area contributed by atoms with Crippen molar-refractivity contribution in [3.63, 3.8) is 0 Å². The van der Waals surface area contributed by atoms with Crippen LogP contribution in [0, 0.1) is 19.7 Å². The molecule has 1 aromatic carbocycles. The third kappa shape index (κ3) is 4.23. The molecule has 0 unspecified atom stereocenters. The normalized spacial score (nSPS) is 15.1. The predicted octanol–water partition coefficient (Wildman–Crippen LogP) is 1.52. The second-order valence-corrected chi connectivity index (χ2v) is 8.60. The lowest BCUT2D eigenvalue weighted by molar-refractivity contribution is 0.0939. The number of fused-ring (bicyclic) bond motifs is 1. The molecular formula is C22H25FN6O4. The minimum Gasteiger partial charge on any atom is -0.501 e. The van der Waals surface area contributed by atoms with Gasteiger partial charge in [-0.2, -0.15) is 5.10 Å². The zero-order valence-corrected chi connectivity index (χ0v) is 18.8. The fourth-order valence-electron chi connectivity index (χ4n) is 3.87. The third-order valence-corrected chi connectivity index (χ3v) is 5.48. The minimum absolute atomic E-state index is 0.0150. The number of benzene rings is 1. The molecule has 1 aliphatic heterocycles. The second-order valence-electron chi connectivity index (χ2n) is 8.60. The molecule has 0 aliphatic carbocycles. The summed E-state index contributed by atoms with van der Waals surface area (Å²) in [5.41, 5.74) is -0.703. The zero-order valence-electron chi connectivity index (χ0n) is 18.8. The number of aromatic hydroxyl groups is 1. The van der Waals surface area contributed by atoms with Crippen LogP contribution in [0.5, 0.6) is 5.75 Å². The molecule has 2 aromatic heterocycles. The number of aryl methyl sites for hydroxylation is 2. The van der Waals surface area contributed by atoms with Gasteiger partial charge >= 0.3 is 0 Å². The number of ether oxygens (including phenoxy) is 1. The summed E-state index contributed by atoms with van der Waals surface area (Å²) >= 11 is 0. The van der Waals surface area contributed by atoms with Gasteiger partial charge in [0.1, 0.15) is 23.3 Å². The van der Waals surface area contributed by atoms with Gasteiger partial charge < -0.3 is 15.2 Å². The van der Waals surface area contributed by atoms with E-state index in [0.29, 0.717) is 41.9 Å². The Morgan fingerprint density at radius 2 is 2.06 bits per heavy atom. The van der Waals surface area contributed by atoms with Gasteiger partial charge in [0.15, 0.2) is 5.69 Å². The fraction of sp³-hybridized carbons (Fsp3) is 0.409. The molecule has 3 aromatic rings. The maximum absolute atomic E-state index is 14.0. The Bertz CT molecular complexity index is 1300. The van der Waals surface area contributed by atoms with Crippen LogP contribution in [0.2, 0.25) is 0 Å². The van der Waals surface area contributed by atoms with Crippen LogP contribution >= 0.6 is 0 Å². The van der Waals surface area contributed by atoms with Crippen LogP contribution in [0.25, 0.3) is 5.69 Å². The Kier molecular flexibility index (Phi) is 5.75. The van der Waals surface area contributed by atoms with E-state index >= 15 is 0 Å². The van der Waals surface area contributed by atoms with Gasteiger partial charge in [0.25, 0.3) is 11.5 Å². The summed E-state index contributed by atoms with van der Waals surface area (Å²) in [6, 6.07) is 4.10. The van der Waals surface area contributed by atoms with Crippen molar-refractivity contribution in [3.8, 4) is 11.4 Å². The van der Waals surface area contributed by atoms with E-state index in [0.717, 1.165) is 0 Å². The molecule has 1 amide bonds. The Balaban J connectivity index is 1.66. The summed E-state index contributed by atoms with van der Waals surface area (Å²) < 4.78 is 22.3. The molecule has 0 atom stereocenters. The average molecular weight is 456 g/mol. The number of carbonyl (C=O) groups excluding carboxylic acids is 1. The minimum atomic E-state index is -0.726. The summed E-state index contributed by atoms with van der Waals surface area (Å²) in [7, 11) is 0. The van der Waals surface area contributed by atoms with Gasteiger partial charge in [-0.25, -0.2) is 19.0 Å². The number of carbonyl (C=O) groups is 1. The van der Waals surface area contributed by atoms with Crippen molar-refractivity contribution in [1.29, 1.82) is 0 Å². The van der Waals surface area contributed by atoms with Crippen molar-refractivity contribution in [1.82, 2.24) is 29.6 Å². The Labute approximate surface area is 189 Å². The Hall–Kier alpha value is -3.60. The van der Waals surface area contributed by atoms with E-state index in [1.807, 2.05) is 13.8 Å². The lowest BCUT2D eigenvalue weighted by Crippen LogP contribution is -2.36. The van der Waals surface area contributed by atoms with Gasteiger partial charge in [0.2, 0.25) is 5.75 Å². The summed E-state index contributed by atoms with van der Waals surface area (Å²) in [5, 5.41) is 17.4. The van der Waals surface area contributed by atoms with Crippen LogP contribution in [0.3, 0.4) is 0 Å². The molecule has 174 valence electrons. The van der Waals surface area contributed by atoms with Crippen molar-refractivity contribution >= 4 is 5.91 Å². The number of hydrogen-bond acceptors (Lipinski definition) is 7. The molecule has 3 heterocycles. The van der Waals surface area contributed by atoms with E-state index in [4.69, 9.17) is 4.74 Å². The van der Waals surface area contributed by atoms with Gasteiger partial charge in [0.05, 0.1) is 25.4 Å². The quantitative estimate of drug-likeness (QED) is 0.610. The number of halogens is 1. The zero-order chi connectivity index (χ0) is 23.9. The van der Waals surface area contributed by atoms with Crippen molar-refractivity contribution < 1.29 is 19.0 Å². The van der Waals surface area contributed by atoms with Crippen LogP contribution in [0.15, 0.2) is 23.0 Å². The third-order valence-electron chi connectivity index (χ3n) is 5.48. The number of aromatic nitrogens is 5. The van der Waals surface area contributed by atoms with Crippen molar-refractivity contribution in [2.24, 2.45) is 0 Å². The molecule has 11 heteroatoms. The maximum atomic E-state index is 14.0. The van der Waals surface area contributed by atoms with Crippen LogP contribution in [-0.4, -0.2) is 48.5 Å². The fourth-order valence-corrected chi connectivity index (χ4v) is 3.87. The molecule has 2 N–H and O–H groups in total. The van der Waals surface area contributed by atoms with Gasteiger partial charge in [0, 0.05) is 12.0 Å². The molecule has 0 saturated carbocycles. The van der Waals surface area contributed by atoms with E-state index in [2.05, 4.69) is 20.4 Å². The monoisotopic (exact) mass is 456 g/mol.